The summed E-state index contributed by atoms with van der Waals surface area (Å²) in [6.07, 6.45) is 1.51. The number of rotatable bonds is 7. The highest BCUT2D eigenvalue weighted by Gasteiger charge is 2.13. The zero-order valence-corrected chi connectivity index (χ0v) is 16.7. The number of hydrogen-bond donors (Lipinski definition) is 2. The fraction of sp³-hybridized carbons (Fsp3) is 0. The van der Waals surface area contributed by atoms with Crippen LogP contribution in [-0.2, 0) is 10.0 Å². The van der Waals surface area contributed by atoms with Crippen molar-refractivity contribution in [3.8, 4) is 5.75 Å². The summed E-state index contributed by atoms with van der Waals surface area (Å²) in [6.45, 7) is 0. The minimum absolute atomic E-state index is 0.00252. The van der Waals surface area contributed by atoms with E-state index in [0.717, 1.165) is 6.07 Å². The van der Waals surface area contributed by atoms with Gasteiger partial charge in [0.2, 0.25) is 10.0 Å². The van der Waals surface area contributed by atoms with E-state index in [1.165, 1.54) is 48.7 Å². The summed E-state index contributed by atoms with van der Waals surface area (Å²) in [5, 5.41) is 19.9. The third kappa shape index (κ3) is 5.95. The molecule has 0 aromatic heterocycles. The Balaban J connectivity index is 1.59. The second-order valence-corrected chi connectivity index (χ2v) is 7.77. The summed E-state index contributed by atoms with van der Waals surface area (Å²) in [5.74, 6) is -0.449. The Labute approximate surface area is 177 Å². The molecule has 3 N–H and O–H groups in total. The molecular weight excluding hydrogens is 424 g/mol. The van der Waals surface area contributed by atoms with Gasteiger partial charge < -0.3 is 4.74 Å². The number of carbonyl (C=O) groups is 1. The van der Waals surface area contributed by atoms with Crippen LogP contribution < -0.4 is 15.3 Å². The molecule has 0 saturated heterocycles. The SMILES string of the molecule is NS(=O)(=O)c1ccc(NN=Cc2ccc(OC(=O)c3cccc([N+](=O)[O-])c3)cc2)cc1. The number of non-ortho nitro benzene ring substituents is 1. The number of esters is 1. The van der Waals surface area contributed by atoms with Crippen molar-refractivity contribution in [3.05, 3.63) is 94.0 Å². The first-order valence-corrected chi connectivity index (χ1v) is 10.3. The minimum atomic E-state index is -3.75. The smallest absolute Gasteiger partial charge is 0.343 e. The van der Waals surface area contributed by atoms with E-state index in [4.69, 9.17) is 9.88 Å². The lowest BCUT2D eigenvalue weighted by atomic mass is 10.2. The summed E-state index contributed by atoms with van der Waals surface area (Å²) < 4.78 is 27.7. The summed E-state index contributed by atoms with van der Waals surface area (Å²) in [6, 6.07) is 17.4. The monoisotopic (exact) mass is 440 g/mol. The Kier molecular flexibility index (Phi) is 6.38. The summed E-state index contributed by atoms with van der Waals surface area (Å²) in [5.41, 5.74) is 3.87. The van der Waals surface area contributed by atoms with Crippen LogP contribution in [0.3, 0.4) is 0 Å². The Morgan fingerprint density at radius 1 is 1.06 bits per heavy atom. The second kappa shape index (κ2) is 9.15. The molecule has 10 nitrogen and oxygen atoms in total. The summed E-state index contributed by atoms with van der Waals surface area (Å²) in [4.78, 5) is 22.4. The van der Waals surface area contributed by atoms with Gasteiger partial charge in [0, 0.05) is 12.1 Å². The van der Waals surface area contributed by atoms with E-state index in [1.807, 2.05) is 0 Å². The third-order valence-corrected chi connectivity index (χ3v) is 4.90. The zero-order chi connectivity index (χ0) is 22.4. The Morgan fingerprint density at radius 3 is 2.35 bits per heavy atom. The molecule has 3 aromatic rings. The van der Waals surface area contributed by atoms with Gasteiger partial charge in [-0.25, -0.2) is 18.4 Å². The normalized spacial score (nSPS) is 11.3. The predicted molar refractivity (Wildman–Crippen MR) is 114 cm³/mol. The van der Waals surface area contributed by atoms with Crippen molar-refractivity contribution in [1.29, 1.82) is 0 Å². The van der Waals surface area contributed by atoms with Crippen molar-refractivity contribution in [2.45, 2.75) is 4.90 Å². The topological polar surface area (TPSA) is 154 Å². The van der Waals surface area contributed by atoms with E-state index in [0.29, 0.717) is 11.3 Å². The molecule has 3 rings (SSSR count). The molecule has 3 aromatic carbocycles. The molecule has 0 spiro atoms. The average molecular weight is 440 g/mol. The molecular formula is C20H16N4O6S. The first-order valence-electron chi connectivity index (χ1n) is 8.71. The van der Waals surface area contributed by atoms with Gasteiger partial charge in [-0.1, -0.05) is 6.07 Å². The fourth-order valence-electron chi connectivity index (χ4n) is 2.43. The van der Waals surface area contributed by atoms with E-state index < -0.39 is 20.9 Å². The first-order chi connectivity index (χ1) is 14.7. The number of anilines is 1. The van der Waals surface area contributed by atoms with E-state index in [9.17, 15) is 23.3 Å². The molecule has 0 unspecified atom stereocenters. The highest BCUT2D eigenvalue weighted by molar-refractivity contribution is 7.89. The summed E-state index contributed by atoms with van der Waals surface area (Å²) >= 11 is 0. The van der Waals surface area contributed by atoms with Crippen molar-refractivity contribution in [3.63, 3.8) is 0 Å². The van der Waals surface area contributed by atoms with Crippen molar-refractivity contribution in [2.75, 3.05) is 5.43 Å². The zero-order valence-electron chi connectivity index (χ0n) is 15.8. The Hall–Kier alpha value is -4.09. The van der Waals surface area contributed by atoms with Crippen molar-refractivity contribution < 1.29 is 22.9 Å². The van der Waals surface area contributed by atoms with E-state index in [-0.39, 0.29) is 21.9 Å². The first kappa shape index (κ1) is 21.6. The molecule has 0 atom stereocenters. The lowest BCUT2D eigenvalue weighted by Gasteiger charge is -2.05. The lowest BCUT2D eigenvalue weighted by Crippen LogP contribution is -2.11. The maximum Gasteiger partial charge on any atom is 0.343 e. The number of carbonyl (C=O) groups excluding carboxylic acids is 1. The van der Waals surface area contributed by atoms with Crippen molar-refractivity contribution in [1.82, 2.24) is 0 Å². The van der Waals surface area contributed by atoms with Crippen LogP contribution in [0.5, 0.6) is 5.75 Å². The maximum atomic E-state index is 12.2. The van der Waals surface area contributed by atoms with Gasteiger partial charge in [0.25, 0.3) is 5.69 Å². The van der Waals surface area contributed by atoms with Crippen LogP contribution in [0.1, 0.15) is 15.9 Å². The number of nitro groups is 1. The van der Waals surface area contributed by atoms with Crippen molar-refractivity contribution >= 4 is 33.6 Å². The number of hydrogen-bond acceptors (Lipinski definition) is 8. The van der Waals surface area contributed by atoms with Gasteiger partial charge in [-0.05, 0) is 60.2 Å². The molecule has 0 heterocycles. The average Bonchev–Trinajstić information content (AvgIpc) is 2.75. The molecule has 0 amide bonds. The number of nitrogens with zero attached hydrogens (tertiary/aromatic N) is 2. The van der Waals surface area contributed by atoms with Crippen molar-refractivity contribution in [2.24, 2.45) is 10.2 Å². The summed E-state index contributed by atoms with van der Waals surface area (Å²) in [7, 11) is -3.75. The van der Waals surface area contributed by atoms with Crippen LogP contribution in [0.25, 0.3) is 0 Å². The predicted octanol–water partition coefficient (Wildman–Crippen LogP) is 2.91. The standard InChI is InChI=1S/C20H16N4O6S/c21-31(28,29)19-10-6-16(7-11-19)23-22-13-14-4-8-18(9-5-14)30-20(25)15-2-1-3-17(12-15)24(26)27/h1-13,23H,(H2,21,28,29). The largest absolute Gasteiger partial charge is 0.423 e. The molecule has 11 heteroatoms. The molecule has 31 heavy (non-hydrogen) atoms. The van der Waals surface area contributed by atoms with Crippen LogP contribution in [0.2, 0.25) is 0 Å². The van der Waals surface area contributed by atoms with Crippen LogP contribution >= 0.6 is 0 Å². The minimum Gasteiger partial charge on any atom is -0.423 e. The number of primary sulfonamides is 1. The van der Waals surface area contributed by atoms with Gasteiger partial charge in [0.1, 0.15) is 5.75 Å². The highest BCUT2D eigenvalue weighted by Crippen LogP contribution is 2.17. The van der Waals surface area contributed by atoms with E-state index in [1.54, 1.807) is 24.3 Å². The van der Waals surface area contributed by atoms with Crippen LogP contribution in [0.4, 0.5) is 11.4 Å². The number of sulfonamides is 1. The molecule has 0 bridgehead atoms. The number of hydrazone groups is 1. The Bertz CT molecular complexity index is 1240. The number of ether oxygens (including phenoxy) is 1. The van der Waals surface area contributed by atoms with Gasteiger partial charge in [-0.15, -0.1) is 0 Å². The molecule has 0 fully saturated rings. The van der Waals surface area contributed by atoms with Crippen LogP contribution in [0, 0.1) is 10.1 Å². The number of nitro benzene ring substituents is 1. The molecule has 0 aliphatic carbocycles. The lowest BCUT2D eigenvalue weighted by molar-refractivity contribution is -0.384. The quantitative estimate of drug-likeness (QED) is 0.188. The fourth-order valence-corrected chi connectivity index (χ4v) is 2.95. The van der Waals surface area contributed by atoms with E-state index >= 15 is 0 Å². The van der Waals surface area contributed by atoms with Gasteiger partial charge in [-0.3, -0.25) is 15.5 Å². The second-order valence-electron chi connectivity index (χ2n) is 6.21. The van der Waals surface area contributed by atoms with Crippen LogP contribution in [0.15, 0.2) is 82.8 Å². The van der Waals surface area contributed by atoms with Gasteiger partial charge >= 0.3 is 5.97 Å². The Morgan fingerprint density at radius 2 is 1.74 bits per heavy atom. The number of nitrogens with one attached hydrogen (secondary N) is 1. The van der Waals surface area contributed by atoms with Gasteiger partial charge in [0.15, 0.2) is 0 Å². The van der Waals surface area contributed by atoms with Gasteiger partial charge in [0.05, 0.1) is 27.3 Å². The highest BCUT2D eigenvalue weighted by atomic mass is 32.2. The molecule has 0 aliphatic heterocycles. The molecule has 0 aliphatic rings. The molecule has 158 valence electrons. The van der Waals surface area contributed by atoms with Gasteiger partial charge in [-0.2, -0.15) is 5.10 Å². The van der Waals surface area contributed by atoms with Crippen LogP contribution in [-0.4, -0.2) is 25.5 Å². The molecule has 0 saturated carbocycles. The maximum absolute atomic E-state index is 12.2. The molecule has 0 radical (unpaired) electrons. The third-order valence-electron chi connectivity index (χ3n) is 3.97. The van der Waals surface area contributed by atoms with E-state index in [2.05, 4.69) is 10.5 Å². The number of nitrogens with two attached hydrogens (primary N) is 1. The number of benzene rings is 3.